The molecule has 0 bridgehead atoms. The minimum Gasteiger partial charge on any atom is -0.504 e. The first kappa shape index (κ1) is 11.0. The van der Waals surface area contributed by atoms with Crippen LogP contribution >= 0.6 is 0 Å². The highest BCUT2D eigenvalue weighted by atomic mass is 16.3. The van der Waals surface area contributed by atoms with Crippen molar-refractivity contribution in [2.75, 3.05) is 13.6 Å². The predicted molar refractivity (Wildman–Crippen MR) is 63.7 cm³/mol. The first-order valence-corrected chi connectivity index (χ1v) is 5.47. The maximum absolute atomic E-state index is 9.71. The third-order valence-electron chi connectivity index (χ3n) is 2.83. The Morgan fingerprint density at radius 1 is 1.31 bits per heavy atom. The fourth-order valence-corrected chi connectivity index (χ4v) is 1.88. The summed E-state index contributed by atoms with van der Waals surface area (Å²) in [6, 6.07) is 3.34. The molecule has 1 aliphatic heterocycles. The third-order valence-corrected chi connectivity index (χ3v) is 2.83. The first-order valence-electron chi connectivity index (χ1n) is 5.47. The van der Waals surface area contributed by atoms with Crippen molar-refractivity contribution in [3.05, 3.63) is 17.7 Å². The number of hydrogen-bond donors (Lipinski definition) is 3. The maximum Gasteiger partial charge on any atom is 0.184 e. The van der Waals surface area contributed by atoms with E-state index >= 15 is 0 Å². The van der Waals surface area contributed by atoms with Crippen LogP contribution in [0.5, 0.6) is 11.5 Å². The molecule has 1 heterocycles. The Bertz CT molecular complexity index is 427. The SMILES string of the molecule is CNCCC1=Nc2c(ccc(O)c2O)CC1. The van der Waals surface area contributed by atoms with Crippen LogP contribution in [-0.4, -0.2) is 29.5 Å². The number of aromatic hydroxyl groups is 2. The van der Waals surface area contributed by atoms with Crippen LogP contribution in [0.25, 0.3) is 0 Å². The Morgan fingerprint density at radius 3 is 2.88 bits per heavy atom. The second kappa shape index (κ2) is 4.53. The van der Waals surface area contributed by atoms with Crippen molar-refractivity contribution in [1.82, 2.24) is 5.32 Å². The molecule has 0 aliphatic carbocycles. The number of nitrogens with one attached hydrogen (secondary N) is 1. The average Bonchev–Trinajstić information content (AvgIpc) is 2.31. The van der Waals surface area contributed by atoms with Gasteiger partial charge in [-0.15, -0.1) is 0 Å². The van der Waals surface area contributed by atoms with E-state index in [2.05, 4.69) is 10.3 Å². The molecule has 0 radical (unpaired) electrons. The van der Waals surface area contributed by atoms with Gasteiger partial charge in [0.1, 0.15) is 5.69 Å². The molecule has 16 heavy (non-hydrogen) atoms. The van der Waals surface area contributed by atoms with Gasteiger partial charge in [-0.3, -0.25) is 4.99 Å². The molecule has 2 rings (SSSR count). The molecule has 1 aromatic rings. The number of rotatable bonds is 3. The van der Waals surface area contributed by atoms with Gasteiger partial charge in [-0.25, -0.2) is 0 Å². The van der Waals surface area contributed by atoms with Gasteiger partial charge in [0.2, 0.25) is 0 Å². The summed E-state index contributed by atoms with van der Waals surface area (Å²) in [6.07, 6.45) is 2.69. The Kier molecular flexibility index (Phi) is 3.10. The fourth-order valence-electron chi connectivity index (χ4n) is 1.88. The molecule has 0 unspecified atom stereocenters. The molecule has 0 atom stereocenters. The summed E-state index contributed by atoms with van der Waals surface area (Å²) >= 11 is 0. The van der Waals surface area contributed by atoms with Gasteiger partial charge < -0.3 is 15.5 Å². The summed E-state index contributed by atoms with van der Waals surface area (Å²) in [7, 11) is 1.90. The smallest absolute Gasteiger partial charge is 0.184 e. The van der Waals surface area contributed by atoms with Gasteiger partial charge in [0.05, 0.1) is 0 Å². The van der Waals surface area contributed by atoms with Crippen molar-refractivity contribution in [3.63, 3.8) is 0 Å². The summed E-state index contributed by atoms with van der Waals surface area (Å²) in [5, 5.41) is 22.2. The molecule has 0 amide bonds. The van der Waals surface area contributed by atoms with Gasteiger partial charge in [0.15, 0.2) is 11.5 Å². The van der Waals surface area contributed by atoms with E-state index in [1.165, 1.54) is 6.07 Å². The van der Waals surface area contributed by atoms with Crippen LogP contribution in [0.15, 0.2) is 17.1 Å². The van der Waals surface area contributed by atoms with Gasteiger partial charge in [-0.05, 0) is 37.9 Å². The number of phenolic OH excluding ortho intramolecular Hbond substituents is 2. The quantitative estimate of drug-likeness (QED) is 0.680. The lowest BCUT2D eigenvalue weighted by Gasteiger charge is -2.16. The predicted octanol–water partition coefficient (Wildman–Crippen LogP) is 1.73. The van der Waals surface area contributed by atoms with Crippen molar-refractivity contribution in [1.29, 1.82) is 0 Å². The first-order chi connectivity index (χ1) is 7.72. The van der Waals surface area contributed by atoms with Gasteiger partial charge in [-0.2, -0.15) is 0 Å². The Balaban J connectivity index is 2.30. The summed E-state index contributed by atoms with van der Waals surface area (Å²) in [4.78, 5) is 4.41. The number of phenols is 2. The van der Waals surface area contributed by atoms with Crippen LogP contribution in [0.3, 0.4) is 0 Å². The van der Waals surface area contributed by atoms with E-state index < -0.39 is 0 Å². The average molecular weight is 220 g/mol. The molecular formula is C12H16N2O2. The second-order valence-electron chi connectivity index (χ2n) is 3.97. The highest BCUT2D eigenvalue weighted by molar-refractivity contribution is 5.90. The third kappa shape index (κ3) is 2.02. The zero-order valence-corrected chi connectivity index (χ0v) is 9.32. The molecular weight excluding hydrogens is 204 g/mol. The van der Waals surface area contributed by atoms with E-state index in [1.54, 1.807) is 0 Å². The van der Waals surface area contributed by atoms with Crippen LogP contribution in [0, 0.1) is 0 Å². The van der Waals surface area contributed by atoms with E-state index in [0.717, 1.165) is 37.1 Å². The lowest BCUT2D eigenvalue weighted by molar-refractivity contribution is 0.404. The van der Waals surface area contributed by atoms with Gasteiger partial charge in [0.25, 0.3) is 0 Å². The molecule has 0 fully saturated rings. The zero-order chi connectivity index (χ0) is 11.5. The van der Waals surface area contributed by atoms with E-state index in [0.29, 0.717) is 5.69 Å². The van der Waals surface area contributed by atoms with Crippen molar-refractivity contribution < 1.29 is 10.2 Å². The Morgan fingerprint density at radius 2 is 2.12 bits per heavy atom. The van der Waals surface area contributed by atoms with Crippen LogP contribution in [0.4, 0.5) is 5.69 Å². The Labute approximate surface area is 94.6 Å². The van der Waals surface area contributed by atoms with E-state index in [-0.39, 0.29) is 11.5 Å². The van der Waals surface area contributed by atoms with Gasteiger partial charge in [-0.1, -0.05) is 6.07 Å². The number of nitrogens with zero attached hydrogens (tertiary/aromatic N) is 1. The molecule has 0 saturated heterocycles. The number of fused-ring (bicyclic) bond motifs is 1. The summed E-state index contributed by atoms with van der Waals surface area (Å²) in [5.74, 6) is -0.198. The number of hydrogen-bond acceptors (Lipinski definition) is 4. The Hall–Kier alpha value is -1.55. The number of aryl methyl sites for hydroxylation is 1. The summed E-state index contributed by atoms with van der Waals surface area (Å²) in [5.41, 5.74) is 2.61. The largest absolute Gasteiger partial charge is 0.504 e. The molecule has 0 saturated carbocycles. The summed E-state index contributed by atoms with van der Waals surface area (Å²) < 4.78 is 0. The number of benzene rings is 1. The van der Waals surface area contributed by atoms with E-state index in [9.17, 15) is 10.2 Å². The number of aliphatic imine (C=N–C) groups is 1. The molecule has 1 aromatic carbocycles. The van der Waals surface area contributed by atoms with Crippen LogP contribution in [-0.2, 0) is 6.42 Å². The van der Waals surface area contributed by atoms with Crippen LogP contribution in [0.2, 0.25) is 0 Å². The van der Waals surface area contributed by atoms with Crippen molar-refractivity contribution in [2.24, 2.45) is 4.99 Å². The fraction of sp³-hybridized carbons (Fsp3) is 0.417. The van der Waals surface area contributed by atoms with E-state index in [4.69, 9.17) is 0 Å². The standard InChI is InChI=1S/C12H16N2O2/c1-13-7-6-9-4-2-8-3-5-10(15)12(16)11(8)14-9/h3,5,13,15-16H,2,4,6-7H2,1H3. The minimum atomic E-state index is -0.0997. The molecule has 0 spiro atoms. The van der Waals surface area contributed by atoms with Crippen LogP contribution in [0.1, 0.15) is 18.4 Å². The summed E-state index contributed by atoms with van der Waals surface area (Å²) in [6.45, 7) is 0.883. The van der Waals surface area contributed by atoms with Gasteiger partial charge in [0, 0.05) is 12.3 Å². The highest BCUT2D eigenvalue weighted by Gasteiger charge is 2.17. The lowest BCUT2D eigenvalue weighted by Crippen LogP contribution is -2.15. The zero-order valence-electron chi connectivity index (χ0n) is 9.32. The molecule has 4 nitrogen and oxygen atoms in total. The molecule has 4 heteroatoms. The monoisotopic (exact) mass is 220 g/mol. The highest BCUT2D eigenvalue weighted by Crippen LogP contribution is 2.41. The maximum atomic E-state index is 9.71. The van der Waals surface area contributed by atoms with Crippen molar-refractivity contribution in [3.8, 4) is 11.5 Å². The lowest BCUT2D eigenvalue weighted by atomic mass is 9.99. The van der Waals surface area contributed by atoms with Crippen LogP contribution < -0.4 is 5.32 Å². The van der Waals surface area contributed by atoms with Gasteiger partial charge >= 0.3 is 0 Å². The molecule has 86 valence electrons. The normalized spacial score (nSPS) is 14.4. The van der Waals surface area contributed by atoms with Crippen molar-refractivity contribution >= 4 is 11.4 Å². The molecule has 0 aromatic heterocycles. The second-order valence-corrected chi connectivity index (χ2v) is 3.97. The minimum absolute atomic E-state index is 0.0980. The van der Waals surface area contributed by atoms with Crippen molar-refractivity contribution in [2.45, 2.75) is 19.3 Å². The topological polar surface area (TPSA) is 64.9 Å². The molecule has 1 aliphatic rings. The molecule has 3 N–H and O–H groups in total. The van der Waals surface area contributed by atoms with E-state index in [1.807, 2.05) is 13.1 Å².